The Hall–Kier alpha value is -1.46. The van der Waals surface area contributed by atoms with Crippen LogP contribution in [-0.4, -0.2) is 40.1 Å². The first-order valence-electron chi connectivity index (χ1n) is 17.8. The fourth-order valence-corrected chi connectivity index (χ4v) is 12.3. The molecule has 0 aromatic carbocycles. The van der Waals surface area contributed by atoms with Gasteiger partial charge in [-0.05, 0) is 138 Å². The summed E-state index contributed by atoms with van der Waals surface area (Å²) in [5, 5.41) is 6.82. The van der Waals surface area contributed by atoms with Gasteiger partial charge in [0.1, 0.15) is 0 Å². The Morgan fingerprint density at radius 2 is 1.10 bits per heavy atom. The molecule has 0 aliphatic heterocycles. The minimum Gasteiger partial charge on any atom is -0.369 e. The highest BCUT2D eigenvalue weighted by Crippen LogP contribution is 2.58. The lowest BCUT2D eigenvalue weighted by atomic mass is 9.53. The van der Waals surface area contributed by atoms with E-state index in [1.807, 2.05) is 0 Å². The third-order valence-corrected chi connectivity index (χ3v) is 13.1. The Morgan fingerprint density at radius 1 is 0.625 bits per heavy atom. The first-order valence-corrected chi connectivity index (χ1v) is 17.8. The number of rotatable bonds is 4. The van der Waals surface area contributed by atoms with E-state index in [2.05, 4.69) is 15.8 Å². The maximum absolute atomic E-state index is 6.79. The third kappa shape index (κ3) is 5.16. The molecule has 6 nitrogen and oxygen atoms in total. The number of hydrogen-bond donors (Lipinski definition) is 3. The van der Waals surface area contributed by atoms with Gasteiger partial charge in [-0.2, -0.15) is 0 Å². The van der Waals surface area contributed by atoms with Gasteiger partial charge < -0.3 is 11.1 Å². The van der Waals surface area contributed by atoms with E-state index < -0.39 is 0 Å². The first-order chi connectivity index (χ1) is 19.5. The fraction of sp³-hybridized carbons (Fsp3) is 0.941. The van der Waals surface area contributed by atoms with E-state index >= 15 is 0 Å². The van der Waals surface area contributed by atoms with E-state index in [1.165, 1.54) is 141 Å². The monoisotopic (exact) mass is 548 g/mol. The van der Waals surface area contributed by atoms with Crippen molar-refractivity contribution in [3.63, 3.8) is 0 Å². The number of nitrogens with two attached hydrogens (primary N) is 1. The molecule has 10 aliphatic rings. The predicted molar refractivity (Wildman–Crippen MR) is 163 cm³/mol. The molecule has 0 radical (unpaired) electrons. The topological polar surface area (TPSA) is 78.0 Å². The lowest BCUT2D eigenvalue weighted by molar-refractivity contribution is -0.0150. The van der Waals surface area contributed by atoms with Crippen LogP contribution in [-0.2, 0) is 0 Å². The number of aliphatic imine (C=N–C) groups is 2. The van der Waals surface area contributed by atoms with E-state index in [0.29, 0.717) is 18.0 Å². The van der Waals surface area contributed by atoms with Crippen LogP contribution in [0.3, 0.4) is 0 Å². The second kappa shape index (κ2) is 10.4. The number of guanidine groups is 2. The van der Waals surface area contributed by atoms with Crippen molar-refractivity contribution < 1.29 is 0 Å². The van der Waals surface area contributed by atoms with Gasteiger partial charge in [-0.1, -0.05) is 38.5 Å². The van der Waals surface area contributed by atoms with E-state index in [4.69, 9.17) is 15.7 Å². The van der Waals surface area contributed by atoms with Crippen LogP contribution in [0.2, 0.25) is 0 Å². The van der Waals surface area contributed by atoms with Crippen LogP contribution in [0.5, 0.6) is 0 Å². The van der Waals surface area contributed by atoms with Gasteiger partial charge in [0.25, 0.3) is 0 Å². The summed E-state index contributed by atoms with van der Waals surface area (Å²) in [6.45, 7) is 0. The third-order valence-electron chi connectivity index (χ3n) is 13.1. The molecular weight excluding hydrogens is 492 g/mol. The lowest BCUT2D eigenvalue weighted by Crippen LogP contribution is -2.67. The van der Waals surface area contributed by atoms with Crippen molar-refractivity contribution in [1.29, 1.82) is 0 Å². The molecule has 0 aromatic rings. The lowest BCUT2D eigenvalue weighted by Gasteiger charge is -2.58. The second-order valence-corrected chi connectivity index (χ2v) is 16.5. The van der Waals surface area contributed by atoms with Crippen LogP contribution in [0.1, 0.15) is 141 Å². The zero-order valence-electron chi connectivity index (χ0n) is 25.1. The number of nitrogens with one attached hydrogen (secondary N) is 2. The average molecular weight is 549 g/mol. The molecule has 0 heterocycles. The molecule has 0 spiro atoms. The second-order valence-electron chi connectivity index (χ2n) is 16.5. The average Bonchev–Trinajstić information content (AvgIpc) is 2.91. The summed E-state index contributed by atoms with van der Waals surface area (Å²) >= 11 is 0. The SMILES string of the molecule is NC(=NC1CCCCC1)NN(C(=NC12CC3CC(CC(C3)C1)C2)NC12CC3CC(CC(C3)C1)C2)C1CCCCC1. The van der Waals surface area contributed by atoms with Crippen LogP contribution >= 0.6 is 0 Å². The Morgan fingerprint density at radius 3 is 1.62 bits per heavy atom. The van der Waals surface area contributed by atoms with Crippen molar-refractivity contribution in [3.8, 4) is 0 Å². The molecular formula is C34H56N6. The fourth-order valence-electron chi connectivity index (χ4n) is 12.3. The molecule has 0 saturated heterocycles. The minimum absolute atomic E-state index is 0.142. The summed E-state index contributed by atoms with van der Waals surface area (Å²) in [5.74, 6) is 7.29. The van der Waals surface area contributed by atoms with Crippen LogP contribution in [0, 0.1) is 35.5 Å². The molecule has 40 heavy (non-hydrogen) atoms. The molecule has 0 amide bonds. The molecule has 10 aliphatic carbocycles. The molecule has 10 rings (SSSR count). The maximum atomic E-state index is 6.79. The number of nitrogens with zero attached hydrogens (tertiary/aromatic N) is 3. The largest absolute Gasteiger partial charge is 0.369 e. The summed E-state index contributed by atoms with van der Waals surface area (Å²) in [5.41, 5.74) is 10.9. The summed E-state index contributed by atoms with van der Waals surface area (Å²) < 4.78 is 0. The number of hydrogen-bond acceptors (Lipinski definition) is 2. The molecule has 0 unspecified atom stereocenters. The highest BCUT2D eigenvalue weighted by Gasteiger charge is 2.54. The molecule has 6 heteroatoms. The Balaban J connectivity index is 1.14. The van der Waals surface area contributed by atoms with Gasteiger partial charge in [-0.3, -0.25) is 10.4 Å². The summed E-state index contributed by atoms with van der Waals surface area (Å²) in [7, 11) is 0. The Labute approximate surface area is 243 Å². The molecule has 10 fully saturated rings. The molecule has 0 aromatic heterocycles. The Bertz CT molecular complexity index is 918. The van der Waals surface area contributed by atoms with Gasteiger partial charge >= 0.3 is 0 Å². The highest BCUT2D eigenvalue weighted by atomic mass is 15.6. The van der Waals surface area contributed by atoms with Crippen molar-refractivity contribution in [1.82, 2.24) is 15.8 Å². The van der Waals surface area contributed by atoms with Crippen LogP contribution in [0.4, 0.5) is 0 Å². The van der Waals surface area contributed by atoms with Gasteiger partial charge in [0.2, 0.25) is 11.9 Å². The van der Waals surface area contributed by atoms with Crippen LogP contribution in [0.15, 0.2) is 9.98 Å². The molecule has 0 atom stereocenters. The molecule has 10 saturated carbocycles. The zero-order chi connectivity index (χ0) is 26.7. The molecule has 4 N–H and O–H groups in total. The zero-order valence-corrected chi connectivity index (χ0v) is 25.1. The minimum atomic E-state index is 0.142. The van der Waals surface area contributed by atoms with Gasteiger partial charge in [0.15, 0.2) is 0 Å². The van der Waals surface area contributed by atoms with Gasteiger partial charge in [-0.25, -0.2) is 9.98 Å². The molecule has 8 bridgehead atoms. The highest BCUT2D eigenvalue weighted by molar-refractivity contribution is 5.86. The van der Waals surface area contributed by atoms with Crippen molar-refractivity contribution >= 4 is 11.9 Å². The smallest absolute Gasteiger partial charge is 0.214 e. The maximum Gasteiger partial charge on any atom is 0.214 e. The summed E-state index contributed by atoms with van der Waals surface area (Å²) in [6.07, 6.45) is 29.6. The van der Waals surface area contributed by atoms with Crippen LogP contribution < -0.4 is 16.5 Å². The van der Waals surface area contributed by atoms with Gasteiger partial charge in [0.05, 0.1) is 17.6 Å². The predicted octanol–water partition coefficient (Wildman–Crippen LogP) is 6.66. The summed E-state index contributed by atoms with van der Waals surface area (Å²) in [4.78, 5) is 11.0. The van der Waals surface area contributed by atoms with Crippen molar-refractivity contribution in [2.24, 2.45) is 51.2 Å². The normalized spacial score (nSPS) is 45.2. The quantitative estimate of drug-likeness (QED) is 0.209. The molecule has 222 valence electrons. The van der Waals surface area contributed by atoms with Crippen molar-refractivity contribution in [2.45, 2.75) is 164 Å². The van der Waals surface area contributed by atoms with Crippen molar-refractivity contribution in [3.05, 3.63) is 0 Å². The van der Waals surface area contributed by atoms with E-state index in [-0.39, 0.29) is 11.1 Å². The van der Waals surface area contributed by atoms with E-state index in [1.54, 1.807) is 0 Å². The van der Waals surface area contributed by atoms with E-state index in [0.717, 1.165) is 41.5 Å². The number of hydrazine groups is 1. The first kappa shape index (κ1) is 26.2. The van der Waals surface area contributed by atoms with Gasteiger partial charge in [-0.15, -0.1) is 0 Å². The van der Waals surface area contributed by atoms with Crippen molar-refractivity contribution in [2.75, 3.05) is 0 Å². The van der Waals surface area contributed by atoms with Gasteiger partial charge in [0, 0.05) is 5.54 Å². The van der Waals surface area contributed by atoms with E-state index in [9.17, 15) is 0 Å². The Kier molecular flexibility index (Phi) is 6.79. The standard InChI is InChI=1S/C34H56N6/c35-31(36-29-7-3-1-4-8-29)39-40(30-9-5-2-6-10-30)32(37-33-17-23-11-24(18-33)13-25(12-23)19-33)38-34-20-26-14-27(21-34)16-28(15-26)22-34/h23-30H,1-22H2,(H,37,38)(H3,35,36,39). The van der Waals surface area contributed by atoms with Crippen LogP contribution in [0.25, 0.3) is 0 Å². The summed E-state index contributed by atoms with van der Waals surface area (Å²) in [6, 6.07) is 0.831.